The number of aromatic nitrogens is 4. The molecule has 1 aliphatic rings. The van der Waals surface area contributed by atoms with Gasteiger partial charge in [-0.1, -0.05) is 12.1 Å². The number of nitrogens with one attached hydrogen (secondary N) is 2. The molecule has 1 saturated heterocycles. The molecule has 1 aliphatic heterocycles. The number of ether oxygens (including phenoxy) is 1. The molecule has 142 valence electrons. The number of morpholine rings is 1. The maximum atomic E-state index is 11.4. The Bertz CT molecular complexity index is 1180. The Morgan fingerprint density at radius 1 is 1.18 bits per heavy atom. The second kappa shape index (κ2) is 6.70. The van der Waals surface area contributed by atoms with Gasteiger partial charge in [-0.2, -0.15) is 5.10 Å². The average Bonchev–Trinajstić information content (AvgIpc) is 3.31. The van der Waals surface area contributed by atoms with E-state index in [0.29, 0.717) is 22.4 Å². The van der Waals surface area contributed by atoms with E-state index in [1.54, 1.807) is 12.1 Å². The van der Waals surface area contributed by atoms with E-state index in [2.05, 4.69) is 37.2 Å². The summed E-state index contributed by atoms with van der Waals surface area (Å²) in [5, 5.41) is 19.0. The third kappa shape index (κ3) is 2.90. The summed E-state index contributed by atoms with van der Waals surface area (Å²) in [7, 11) is 0. The quantitative estimate of drug-likeness (QED) is 0.417. The van der Waals surface area contributed by atoms with Crippen LogP contribution in [0.5, 0.6) is 0 Å². The van der Waals surface area contributed by atoms with Crippen LogP contribution in [0.2, 0.25) is 0 Å². The molecule has 0 amide bonds. The van der Waals surface area contributed by atoms with Crippen molar-refractivity contribution >= 4 is 27.6 Å². The van der Waals surface area contributed by atoms with E-state index >= 15 is 0 Å². The van der Waals surface area contributed by atoms with Crippen molar-refractivity contribution in [3.63, 3.8) is 0 Å². The van der Waals surface area contributed by atoms with Crippen LogP contribution in [0.3, 0.4) is 0 Å². The minimum Gasteiger partial charge on any atom is -0.379 e. The van der Waals surface area contributed by atoms with Crippen molar-refractivity contribution in [2.45, 2.75) is 6.54 Å². The van der Waals surface area contributed by atoms with E-state index in [4.69, 9.17) is 4.74 Å². The Labute approximate surface area is 159 Å². The zero-order valence-corrected chi connectivity index (χ0v) is 15.0. The number of rotatable bonds is 4. The van der Waals surface area contributed by atoms with Crippen molar-refractivity contribution in [2.75, 3.05) is 26.3 Å². The highest BCUT2D eigenvalue weighted by Gasteiger charge is 2.21. The molecule has 2 aromatic heterocycles. The van der Waals surface area contributed by atoms with Gasteiger partial charge in [-0.25, -0.2) is 4.98 Å². The predicted octanol–water partition coefficient (Wildman–Crippen LogP) is 2.85. The Morgan fingerprint density at radius 3 is 2.86 bits per heavy atom. The molecule has 0 radical (unpaired) electrons. The van der Waals surface area contributed by atoms with Gasteiger partial charge in [0.25, 0.3) is 5.69 Å². The van der Waals surface area contributed by atoms with Gasteiger partial charge in [0.2, 0.25) is 0 Å². The van der Waals surface area contributed by atoms with Gasteiger partial charge in [0.1, 0.15) is 11.1 Å². The molecule has 1 fully saturated rings. The lowest BCUT2D eigenvalue weighted by Gasteiger charge is -2.26. The third-order valence-electron chi connectivity index (χ3n) is 5.04. The summed E-state index contributed by atoms with van der Waals surface area (Å²) in [6, 6.07) is 11.0. The first kappa shape index (κ1) is 16.8. The molecule has 9 nitrogen and oxygen atoms in total. The summed E-state index contributed by atoms with van der Waals surface area (Å²) in [5.41, 5.74) is 3.94. The molecule has 0 spiro atoms. The van der Waals surface area contributed by atoms with Gasteiger partial charge >= 0.3 is 0 Å². The molecule has 2 N–H and O–H groups in total. The van der Waals surface area contributed by atoms with Crippen LogP contribution in [0.4, 0.5) is 5.69 Å². The molecule has 0 saturated carbocycles. The smallest absolute Gasteiger partial charge is 0.281 e. The minimum atomic E-state index is -0.398. The van der Waals surface area contributed by atoms with Gasteiger partial charge in [0, 0.05) is 25.7 Å². The second-order valence-electron chi connectivity index (χ2n) is 6.85. The predicted molar refractivity (Wildman–Crippen MR) is 104 cm³/mol. The molecule has 3 heterocycles. The number of H-pyrrole nitrogens is 2. The molecule has 2 aromatic carbocycles. The maximum Gasteiger partial charge on any atom is 0.281 e. The Hall–Kier alpha value is -3.30. The maximum absolute atomic E-state index is 11.4. The lowest BCUT2D eigenvalue weighted by molar-refractivity contribution is -0.383. The molecule has 5 rings (SSSR count). The van der Waals surface area contributed by atoms with Gasteiger partial charge in [-0.15, -0.1) is 0 Å². The van der Waals surface area contributed by atoms with E-state index in [9.17, 15) is 10.1 Å². The van der Waals surface area contributed by atoms with Crippen molar-refractivity contribution in [2.24, 2.45) is 0 Å². The highest BCUT2D eigenvalue weighted by Crippen LogP contribution is 2.33. The van der Waals surface area contributed by atoms with Crippen molar-refractivity contribution in [3.8, 4) is 11.5 Å². The molecule has 4 aromatic rings. The fourth-order valence-corrected chi connectivity index (χ4v) is 3.66. The molecular formula is C19H18N6O3. The van der Waals surface area contributed by atoms with E-state index in [1.807, 2.05) is 6.07 Å². The Kier molecular flexibility index (Phi) is 4.03. The van der Waals surface area contributed by atoms with Crippen LogP contribution in [-0.2, 0) is 11.3 Å². The number of aromatic amines is 2. The molecular weight excluding hydrogens is 360 g/mol. The van der Waals surface area contributed by atoms with Gasteiger partial charge in [-0.3, -0.25) is 20.1 Å². The van der Waals surface area contributed by atoms with Gasteiger partial charge < -0.3 is 9.72 Å². The first-order valence-electron chi connectivity index (χ1n) is 9.09. The topological polar surface area (TPSA) is 113 Å². The van der Waals surface area contributed by atoms with Crippen molar-refractivity contribution < 1.29 is 9.66 Å². The SMILES string of the molecule is O=[N+]([O-])c1cccc2[nH]nc(-c3nc4ccc(CN5CCOCC5)cc4[nH]3)c12. The number of nitro groups is 1. The summed E-state index contributed by atoms with van der Waals surface area (Å²) in [6.07, 6.45) is 0. The van der Waals surface area contributed by atoms with Crippen LogP contribution in [0.25, 0.3) is 33.5 Å². The van der Waals surface area contributed by atoms with E-state index < -0.39 is 4.92 Å². The lowest BCUT2D eigenvalue weighted by atomic mass is 10.1. The van der Waals surface area contributed by atoms with E-state index in [0.717, 1.165) is 43.9 Å². The highest BCUT2D eigenvalue weighted by atomic mass is 16.6. The molecule has 0 unspecified atom stereocenters. The summed E-state index contributed by atoms with van der Waals surface area (Å²) >= 11 is 0. The summed E-state index contributed by atoms with van der Waals surface area (Å²) in [6.45, 7) is 4.23. The zero-order valence-electron chi connectivity index (χ0n) is 15.0. The van der Waals surface area contributed by atoms with Crippen molar-refractivity contribution in [3.05, 3.63) is 52.1 Å². The van der Waals surface area contributed by atoms with Gasteiger partial charge in [0.05, 0.1) is 34.7 Å². The van der Waals surface area contributed by atoms with Crippen molar-refractivity contribution in [1.82, 2.24) is 25.1 Å². The number of hydrogen-bond acceptors (Lipinski definition) is 6. The van der Waals surface area contributed by atoms with E-state index in [-0.39, 0.29) is 5.69 Å². The standard InChI is InChI=1S/C19H18N6O3/c26-25(27)16-3-1-2-14-17(16)18(23-22-14)19-20-13-5-4-12(10-15(13)21-19)11-24-6-8-28-9-7-24/h1-5,10H,6-9,11H2,(H,20,21)(H,22,23). The Morgan fingerprint density at radius 2 is 2.04 bits per heavy atom. The molecule has 9 heteroatoms. The van der Waals surface area contributed by atoms with Crippen LogP contribution in [0.15, 0.2) is 36.4 Å². The number of hydrogen-bond donors (Lipinski definition) is 2. The van der Waals surface area contributed by atoms with Crippen LogP contribution < -0.4 is 0 Å². The monoisotopic (exact) mass is 378 g/mol. The lowest BCUT2D eigenvalue weighted by Crippen LogP contribution is -2.35. The number of fused-ring (bicyclic) bond motifs is 2. The average molecular weight is 378 g/mol. The minimum absolute atomic E-state index is 0.00899. The number of benzene rings is 2. The largest absolute Gasteiger partial charge is 0.379 e. The number of nitrogens with zero attached hydrogens (tertiary/aromatic N) is 4. The van der Waals surface area contributed by atoms with Crippen LogP contribution >= 0.6 is 0 Å². The molecule has 0 aliphatic carbocycles. The summed E-state index contributed by atoms with van der Waals surface area (Å²) < 4.78 is 5.40. The van der Waals surface area contributed by atoms with E-state index in [1.165, 1.54) is 11.6 Å². The molecule has 28 heavy (non-hydrogen) atoms. The first-order chi connectivity index (χ1) is 13.7. The van der Waals surface area contributed by atoms with Crippen molar-refractivity contribution in [1.29, 1.82) is 0 Å². The number of imidazole rings is 1. The molecule has 0 atom stereocenters. The highest BCUT2D eigenvalue weighted by molar-refractivity contribution is 5.99. The fourth-order valence-electron chi connectivity index (χ4n) is 3.66. The third-order valence-corrected chi connectivity index (χ3v) is 5.04. The number of non-ortho nitro benzene ring substituents is 1. The zero-order chi connectivity index (χ0) is 19.1. The Balaban J connectivity index is 1.53. The van der Waals surface area contributed by atoms with Crippen LogP contribution in [0, 0.1) is 10.1 Å². The van der Waals surface area contributed by atoms with Crippen LogP contribution in [0.1, 0.15) is 5.56 Å². The number of nitro benzene ring substituents is 1. The van der Waals surface area contributed by atoms with Gasteiger partial charge in [0.15, 0.2) is 5.82 Å². The first-order valence-corrected chi connectivity index (χ1v) is 9.09. The van der Waals surface area contributed by atoms with Gasteiger partial charge in [-0.05, 0) is 23.8 Å². The second-order valence-corrected chi connectivity index (χ2v) is 6.85. The van der Waals surface area contributed by atoms with Crippen LogP contribution in [-0.4, -0.2) is 56.3 Å². The summed E-state index contributed by atoms with van der Waals surface area (Å²) in [4.78, 5) is 21.3. The summed E-state index contributed by atoms with van der Waals surface area (Å²) in [5.74, 6) is 0.513. The fraction of sp³-hybridized carbons (Fsp3) is 0.263. The molecule has 0 bridgehead atoms. The normalized spacial score (nSPS) is 15.4.